The first-order valence-corrected chi connectivity index (χ1v) is 6.03. The Hall–Kier alpha value is -1.44. The van der Waals surface area contributed by atoms with Gasteiger partial charge in [0.05, 0.1) is 17.2 Å². The Morgan fingerprint density at radius 2 is 1.78 bits per heavy atom. The van der Waals surface area contributed by atoms with E-state index in [0.717, 1.165) is 6.07 Å². The summed E-state index contributed by atoms with van der Waals surface area (Å²) in [5, 5.41) is 37.0. The van der Waals surface area contributed by atoms with Crippen LogP contribution in [0.25, 0.3) is 0 Å². The van der Waals surface area contributed by atoms with Gasteiger partial charge in [-0.2, -0.15) is 0 Å². The molecule has 0 amide bonds. The summed E-state index contributed by atoms with van der Waals surface area (Å²) in [4.78, 5) is 21.7. The highest BCUT2D eigenvalue weighted by Crippen LogP contribution is 2.23. The molecule has 6 nitrogen and oxygen atoms in total. The fourth-order valence-electron chi connectivity index (χ4n) is 1.42. The predicted molar refractivity (Wildman–Crippen MR) is 65.1 cm³/mol. The van der Waals surface area contributed by atoms with E-state index in [-0.39, 0.29) is 22.0 Å². The predicted octanol–water partition coefficient (Wildman–Crippen LogP) is 0.872. The quantitative estimate of drug-likeness (QED) is 0.599. The monoisotopic (exact) mass is 318 g/mol. The maximum Gasteiger partial charge on any atom is 0.336 e. The first-order valence-electron chi connectivity index (χ1n) is 4.91. The van der Waals surface area contributed by atoms with Gasteiger partial charge in [-0.3, -0.25) is 0 Å². The lowest BCUT2D eigenvalue weighted by atomic mass is 9.97. The molecule has 98 valence electrons. The Morgan fingerprint density at radius 3 is 2.22 bits per heavy atom. The number of aliphatic hydroxyl groups is 2. The van der Waals surface area contributed by atoms with Crippen molar-refractivity contribution in [3.05, 3.63) is 34.9 Å². The summed E-state index contributed by atoms with van der Waals surface area (Å²) in [6.45, 7) is 0. The largest absolute Gasteiger partial charge is 0.478 e. The third-order valence-corrected chi connectivity index (χ3v) is 3.04. The average molecular weight is 319 g/mol. The molecule has 0 fully saturated rings. The minimum absolute atomic E-state index is 0.0283. The topological polar surface area (TPSA) is 115 Å². The first kappa shape index (κ1) is 14.6. The van der Waals surface area contributed by atoms with Crippen molar-refractivity contribution in [1.82, 2.24) is 0 Å². The van der Waals surface area contributed by atoms with Gasteiger partial charge in [-0.1, -0.05) is 22.0 Å². The van der Waals surface area contributed by atoms with Gasteiger partial charge >= 0.3 is 11.9 Å². The SMILES string of the molecule is O=C(O)c1ccc(C(O)C(O)CBr)c(C(=O)O)c1. The van der Waals surface area contributed by atoms with E-state index in [1.165, 1.54) is 12.1 Å². The number of alkyl halides is 1. The number of benzene rings is 1. The first-order chi connectivity index (χ1) is 8.38. The summed E-state index contributed by atoms with van der Waals surface area (Å²) in [5.74, 6) is -2.63. The minimum atomic E-state index is -1.40. The van der Waals surface area contributed by atoms with Crippen molar-refractivity contribution in [3.8, 4) is 0 Å². The van der Waals surface area contributed by atoms with E-state index in [0.29, 0.717) is 0 Å². The fourth-order valence-corrected chi connectivity index (χ4v) is 1.78. The molecule has 0 aliphatic rings. The highest BCUT2D eigenvalue weighted by Gasteiger charge is 2.24. The Bertz CT molecular complexity index is 473. The van der Waals surface area contributed by atoms with Crippen LogP contribution in [0.4, 0.5) is 0 Å². The van der Waals surface area contributed by atoms with Crippen LogP contribution in [0.5, 0.6) is 0 Å². The smallest absolute Gasteiger partial charge is 0.336 e. The molecule has 0 bridgehead atoms. The van der Waals surface area contributed by atoms with Crippen molar-refractivity contribution in [2.75, 3.05) is 5.33 Å². The van der Waals surface area contributed by atoms with Crippen LogP contribution in [0.1, 0.15) is 32.4 Å². The van der Waals surface area contributed by atoms with Gasteiger partial charge in [0.1, 0.15) is 6.10 Å². The van der Waals surface area contributed by atoms with E-state index in [4.69, 9.17) is 10.2 Å². The fraction of sp³-hybridized carbons (Fsp3) is 0.273. The van der Waals surface area contributed by atoms with Gasteiger partial charge in [0.25, 0.3) is 0 Å². The third kappa shape index (κ3) is 3.06. The Labute approximate surface area is 111 Å². The van der Waals surface area contributed by atoms with E-state index in [1.807, 2.05) is 0 Å². The molecule has 2 unspecified atom stereocenters. The standard InChI is InChI=1S/C11H11BrO6/c12-4-8(13)9(14)6-2-1-5(10(15)16)3-7(6)11(17)18/h1-3,8-9,13-14H,4H2,(H,15,16)(H,17,18). The van der Waals surface area contributed by atoms with Crippen molar-refractivity contribution >= 4 is 27.9 Å². The lowest BCUT2D eigenvalue weighted by molar-refractivity contribution is 0.0327. The molecule has 18 heavy (non-hydrogen) atoms. The molecule has 0 radical (unpaired) electrons. The van der Waals surface area contributed by atoms with Crippen LogP contribution < -0.4 is 0 Å². The zero-order chi connectivity index (χ0) is 13.9. The second-order valence-corrected chi connectivity index (χ2v) is 4.23. The van der Waals surface area contributed by atoms with Gasteiger partial charge in [-0.15, -0.1) is 0 Å². The van der Waals surface area contributed by atoms with Crippen LogP contribution in [0.15, 0.2) is 18.2 Å². The molecule has 0 saturated heterocycles. The second kappa shape index (κ2) is 5.94. The van der Waals surface area contributed by atoms with Crippen LogP contribution in [0.3, 0.4) is 0 Å². The van der Waals surface area contributed by atoms with Gasteiger partial charge in [0, 0.05) is 5.33 Å². The number of carboxylic acids is 2. The van der Waals surface area contributed by atoms with Gasteiger partial charge in [-0.25, -0.2) is 9.59 Å². The van der Waals surface area contributed by atoms with Crippen LogP contribution in [0.2, 0.25) is 0 Å². The second-order valence-electron chi connectivity index (χ2n) is 3.58. The zero-order valence-corrected chi connectivity index (χ0v) is 10.7. The number of rotatable bonds is 5. The molecule has 1 rings (SSSR count). The van der Waals surface area contributed by atoms with E-state index in [9.17, 15) is 19.8 Å². The summed E-state index contributed by atoms with van der Waals surface area (Å²) < 4.78 is 0. The summed E-state index contributed by atoms with van der Waals surface area (Å²) in [5.41, 5.74) is -0.571. The molecule has 0 aliphatic heterocycles. The number of halogens is 1. The molecule has 0 aliphatic carbocycles. The molecule has 4 N–H and O–H groups in total. The minimum Gasteiger partial charge on any atom is -0.478 e. The van der Waals surface area contributed by atoms with Crippen molar-refractivity contribution < 1.29 is 30.0 Å². The van der Waals surface area contributed by atoms with E-state index in [1.54, 1.807) is 0 Å². The van der Waals surface area contributed by atoms with Gasteiger partial charge < -0.3 is 20.4 Å². The molecule has 0 aromatic heterocycles. The summed E-state index contributed by atoms with van der Waals surface area (Å²) in [7, 11) is 0. The Kier molecular flexibility index (Phi) is 4.83. The molecule has 1 aromatic rings. The van der Waals surface area contributed by atoms with Gasteiger partial charge in [0.2, 0.25) is 0 Å². The van der Waals surface area contributed by atoms with Crippen molar-refractivity contribution in [2.24, 2.45) is 0 Å². The lowest BCUT2D eigenvalue weighted by Crippen LogP contribution is -2.22. The molecule has 2 atom stereocenters. The summed E-state index contributed by atoms with van der Waals surface area (Å²) in [6, 6.07) is 3.31. The number of aromatic carboxylic acids is 2. The zero-order valence-electron chi connectivity index (χ0n) is 9.08. The normalized spacial score (nSPS) is 13.9. The maximum absolute atomic E-state index is 11.0. The molecule has 0 spiro atoms. The highest BCUT2D eigenvalue weighted by molar-refractivity contribution is 9.09. The Morgan fingerprint density at radius 1 is 1.17 bits per heavy atom. The summed E-state index contributed by atoms with van der Waals surface area (Å²) in [6.07, 6.45) is -2.59. The van der Waals surface area contributed by atoms with Crippen molar-refractivity contribution in [1.29, 1.82) is 0 Å². The van der Waals surface area contributed by atoms with Gasteiger partial charge in [-0.05, 0) is 17.7 Å². The number of carboxylic acid groups (broad SMARTS) is 2. The van der Waals surface area contributed by atoms with E-state index in [2.05, 4.69) is 15.9 Å². The highest BCUT2D eigenvalue weighted by atomic mass is 79.9. The average Bonchev–Trinajstić information content (AvgIpc) is 2.35. The van der Waals surface area contributed by atoms with Crippen LogP contribution in [-0.4, -0.2) is 43.8 Å². The van der Waals surface area contributed by atoms with Crippen molar-refractivity contribution in [3.63, 3.8) is 0 Å². The van der Waals surface area contributed by atoms with Crippen LogP contribution >= 0.6 is 15.9 Å². The number of carbonyl (C=O) groups is 2. The molecule has 0 saturated carbocycles. The number of hydrogen-bond donors (Lipinski definition) is 4. The molecular formula is C11H11BrO6. The number of aliphatic hydroxyl groups excluding tert-OH is 2. The molecule has 1 aromatic carbocycles. The number of hydrogen-bond acceptors (Lipinski definition) is 4. The maximum atomic E-state index is 11.0. The summed E-state index contributed by atoms with van der Waals surface area (Å²) >= 11 is 2.96. The lowest BCUT2D eigenvalue weighted by Gasteiger charge is -2.18. The Balaban J connectivity index is 3.27. The molecular weight excluding hydrogens is 308 g/mol. The van der Waals surface area contributed by atoms with Crippen molar-refractivity contribution in [2.45, 2.75) is 12.2 Å². The van der Waals surface area contributed by atoms with E-state index >= 15 is 0 Å². The third-order valence-electron chi connectivity index (χ3n) is 2.37. The van der Waals surface area contributed by atoms with Crippen LogP contribution in [0, 0.1) is 0 Å². The van der Waals surface area contributed by atoms with Gasteiger partial charge in [0.15, 0.2) is 0 Å². The van der Waals surface area contributed by atoms with E-state index < -0.39 is 24.1 Å². The van der Waals surface area contributed by atoms with Crippen LogP contribution in [-0.2, 0) is 0 Å². The molecule has 0 heterocycles. The molecule has 7 heteroatoms.